The van der Waals surface area contributed by atoms with Gasteiger partial charge in [-0.2, -0.15) is 0 Å². The van der Waals surface area contributed by atoms with Gasteiger partial charge in [-0.25, -0.2) is 0 Å². The first-order chi connectivity index (χ1) is 9.90. The summed E-state index contributed by atoms with van der Waals surface area (Å²) in [6.07, 6.45) is 2.75. The van der Waals surface area contributed by atoms with Crippen LogP contribution < -0.4 is 5.32 Å². The number of carboxylic acid groups (broad SMARTS) is 1. The van der Waals surface area contributed by atoms with Gasteiger partial charge < -0.3 is 10.4 Å². The fraction of sp³-hybridized carbons (Fsp3) is 0.429. The Hall–Kier alpha value is -0.970. The first kappa shape index (κ1) is 16.4. The molecule has 1 aliphatic rings. The fourth-order valence-corrected chi connectivity index (χ4v) is 3.18. The third-order valence-electron chi connectivity index (χ3n) is 3.69. The number of aliphatic carboxylic acids is 1. The molecule has 0 aromatic heterocycles. The minimum Gasteiger partial charge on any atom is -0.481 e. The van der Waals surface area contributed by atoms with E-state index in [-0.39, 0.29) is 16.0 Å². The van der Waals surface area contributed by atoms with Gasteiger partial charge in [0.1, 0.15) is 0 Å². The lowest BCUT2D eigenvalue weighted by Crippen LogP contribution is -2.36. The van der Waals surface area contributed by atoms with Crippen molar-refractivity contribution >= 4 is 52.4 Å². The van der Waals surface area contributed by atoms with Crippen molar-refractivity contribution in [1.29, 1.82) is 0 Å². The summed E-state index contributed by atoms with van der Waals surface area (Å²) in [4.78, 5) is 23.6. The second-order valence-electron chi connectivity index (χ2n) is 5.07. The molecule has 0 bridgehead atoms. The maximum atomic E-state index is 12.3. The Morgan fingerprint density at radius 3 is 2.19 bits per heavy atom. The van der Waals surface area contributed by atoms with Crippen LogP contribution in [0.25, 0.3) is 0 Å². The van der Waals surface area contributed by atoms with Crippen LogP contribution in [0.1, 0.15) is 25.7 Å². The van der Waals surface area contributed by atoms with Crippen LogP contribution in [0.4, 0.5) is 5.69 Å². The third-order valence-corrected chi connectivity index (χ3v) is 4.72. The van der Waals surface area contributed by atoms with Gasteiger partial charge in [-0.15, -0.1) is 0 Å². The number of carbonyl (C=O) groups is 2. The zero-order chi connectivity index (χ0) is 15.6. The smallest absolute Gasteiger partial charge is 0.307 e. The van der Waals surface area contributed by atoms with Gasteiger partial charge in [-0.3, -0.25) is 9.59 Å². The highest BCUT2D eigenvalue weighted by molar-refractivity contribution is 6.44. The second kappa shape index (κ2) is 6.86. The average molecular weight is 351 g/mol. The zero-order valence-electron chi connectivity index (χ0n) is 11.0. The van der Waals surface area contributed by atoms with Crippen LogP contribution in [-0.4, -0.2) is 17.0 Å². The summed E-state index contributed by atoms with van der Waals surface area (Å²) in [5, 5.41) is 12.7. The molecular formula is C14H14Cl3NO3. The van der Waals surface area contributed by atoms with Crippen molar-refractivity contribution in [3.63, 3.8) is 0 Å². The molecular weight excluding hydrogens is 337 g/mol. The molecule has 0 radical (unpaired) electrons. The highest BCUT2D eigenvalue weighted by Crippen LogP contribution is 2.35. The minimum absolute atomic E-state index is 0.264. The number of nitrogens with one attached hydrogen (secondary N) is 1. The number of anilines is 1. The number of hydrogen-bond donors (Lipinski definition) is 2. The molecule has 0 spiro atoms. The van der Waals surface area contributed by atoms with Gasteiger partial charge in [0.2, 0.25) is 5.91 Å². The average Bonchev–Trinajstić information content (AvgIpc) is 2.44. The monoisotopic (exact) mass is 349 g/mol. The molecule has 1 aromatic carbocycles. The van der Waals surface area contributed by atoms with E-state index in [0.717, 1.165) is 12.8 Å². The second-order valence-corrected chi connectivity index (χ2v) is 6.29. The summed E-state index contributed by atoms with van der Waals surface area (Å²) in [6.45, 7) is 0. The van der Waals surface area contributed by atoms with Crippen LogP contribution in [0.15, 0.2) is 12.1 Å². The van der Waals surface area contributed by atoms with E-state index in [2.05, 4.69) is 5.32 Å². The lowest BCUT2D eigenvalue weighted by Gasteiger charge is -2.27. The highest BCUT2D eigenvalue weighted by Gasteiger charge is 2.35. The lowest BCUT2D eigenvalue weighted by atomic mass is 9.78. The van der Waals surface area contributed by atoms with Crippen molar-refractivity contribution in [2.45, 2.75) is 25.7 Å². The van der Waals surface area contributed by atoms with Gasteiger partial charge in [0.05, 0.1) is 32.6 Å². The van der Waals surface area contributed by atoms with Gasteiger partial charge in [-0.05, 0) is 25.0 Å². The summed E-state index contributed by atoms with van der Waals surface area (Å²) in [5.41, 5.74) is 0.339. The van der Waals surface area contributed by atoms with Crippen molar-refractivity contribution in [3.05, 3.63) is 27.2 Å². The quantitative estimate of drug-likeness (QED) is 0.790. The Morgan fingerprint density at radius 2 is 1.57 bits per heavy atom. The number of carboxylic acids is 1. The van der Waals surface area contributed by atoms with Crippen LogP contribution in [-0.2, 0) is 9.59 Å². The molecule has 1 aromatic rings. The number of halogens is 3. The molecule has 7 heteroatoms. The zero-order valence-corrected chi connectivity index (χ0v) is 13.3. The van der Waals surface area contributed by atoms with Gasteiger partial charge in [0.25, 0.3) is 0 Å². The Balaban J connectivity index is 2.17. The van der Waals surface area contributed by atoms with E-state index in [4.69, 9.17) is 34.8 Å². The maximum absolute atomic E-state index is 12.3. The van der Waals surface area contributed by atoms with Gasteiger partial charge >= 0.3 is 5.97 Å². The number of amides is 1. The van der Waals surface area contributed by atoms with E-state index in [9.17, 15) is 14.7 Å². The van der Waals surface area contributed by atoms with E-state index in [1.165, 1.54) is 12.1 Å². The van der Waals surface area contributed by atoms with Crippen LogP contribution in [0.5, 0.6) is 0 Å². The first-order valence-corrected chi connectivity index (χ1v) is 7.71. The summed E-state index contributed by atoms with van der Waals surface area (Å²) in [7, 11) is 0. The molecule has 0 aliphatic heterocycles. The molecule has 4 nitrogen and oxygen atoms in total. The predicted molar refractivity (Wildman–Crippen MR) is 83.2 cm³/mol. The minimum atomic E-state index is -0.935. The molecule has 2 N–H and O–H groups in total. The SMILES string of the molecule is O=C(O)C1CCCCC1C(=O)Nc1cc(Cl)c(Cl)cc1Cl. The Labute approximate surface area is 137 Å². The molecule has 0 saturated heterocycles. The van der Waals surface area contributed by atoms with Crippen molar-refractivity contribution in [2.24, 2.45) is 11.8 Å². The summed E-state index contributed by atoms with van der Waals surface area (Å²) in [5.74, 6) is -2.49. The number of rotatable bonds is 3. The summed E-state index contributed by atoms with van der Waals surface area (Å²) in [6, 6.07) is 2.90. The van der Waals surface area contributed by atoms with Crippen molar-refractivity contribution < 1.29 is 14.7 Å². The van der Waals surface area contributed by atoms with E-state index in [1.54, 1.807) is 0 Å². The molecule has 1 fully saturated rings. The van der Waals surface area contributed by atoms with E-state index in [1.807, 2.05) is 0 Å². The molecule has 0 heterocycles. The topological polar surface area (TPSA) is 66.4 Å². The van der Waals surface area contributed by atoms with Crippen LogP contribution >= 0.6 is 34.8 Å². The molecule has 2 atom stereocenters. The van der Waals surface area contributed by atoms with Crippen molar-refractivity contribution in [2.75, 3.05) is 5.32 Å². The van der Waals surface area contributed by atoms with Crippen LogP contribution in [0.2, 0.25) is 15.1 Å². The third kappa shape index (κ3) is 3.82. The van der Waals surface area contributed by atoms with Crippen molar-refractivity contribution in [3.8, 4) is 0 Å². The molecule has 1 amide bonds. The Kier molecular flexibility index (Phi) is 5.36. The molecule has 1 saturated carbocycles. The molecule has 2 unspecified atom stereocenters. The molecule has 21 heavy (non-hydrogen) atoms. The standard InChI is InChI=1S/C14H14Cl3NO3/c15-9-5-11(17)12(6-10(9)16)18-13(19)7-3-1-2-4-8(7)14(20)21/h5-8H,1-4H2,(H,18,19)(H,20,21). The Morgan fingerprint density at radius 1 is 1.00 bits per heavy atom. The summed E-state index contributed by atoms with van der Waals surface area (Å²) >= 11 is 17.7. The summed E-state index contributed by atoms with van der Waals surface area (Å²) < 4.78 is 0. The van der Waals surface area contributed by atoms with E-state index in [0.29, 0.717) is 23.6 Å². The van der Waals surface area contributed by atoms with Crippen molar-refractivity contribution in [1.82, 2.24) is 0 Å². The van der Waals surface area contributed by atoms with Gasteiger partial charge in [0, 0.05) is 0 Å². The number of hydrogen-bond acceptors (Lipinski definition) is 2. The lowest BCUT2D eigenvalue weighted by molar-refractivity contribution is -0.147. The van der Waals surface area contributed by atoms with Gasteiger partial charge in [-0.1, -0.05) is 47.6 Å². The normalized spacial score (nSPS) is 21.9. The first-order valence-electron chi connectivity index (χ1n) is 6.58. The highest BCUT2D eigenvalue weighted by atomic mass is 35.5. The van der Waals surface area contributed by atoms with E-state index < -0.39 is 17.8 Å². The van der Waals surface area contributed by atoms with Gasteiger partial charge in [0.15, 0.2) is 0 Å². The van der Waals surface area contributed by atoms with Crippen LogP contribution in [0, 0.1) is 11.8 Å². The Bertz CT molecular complexity index is 577. The number of carbonyl (C=O) groups excluding carboxylic acids is 1. The molecule has 114 valence electrons. The maximum Gasteiger partial charge on any atom is 0.307 e. The van der Waals surface area contributed by atoms with E-state index >= 15 is 0 Å². The fourth-order valence-electron chi connectivity index (χ4n) is 2.58. The van der Waals surface area contributed by atoms with Crippen LogP contribution in [0.3, 0.4) is 0 Å². The molecule has 2 rings (SSSR count). The predicted octanol–water partition coefficient (Wildman–Crippen LogP) is 4.48. The number of benzene rings is 1. The largest absolute Gasteiger partial charge is 0.481 e. The molecule has 1 aliphatic carbocycles.